The average Bonchev–Trinajstić information content (AvgIpc) is 2.84. The number of piperidine rings is 1. The average molecular weight is 424 g/mol. The van der Waals surface area contributed by atoms with Crippen LogP contribution in [0.4, 0.5) is 5.69 Å². The molecule has 1 atom stereocenters. The lowest BCUT2D eigenvalue weighted by molar-refractivity contribution is 0.0886. The summed E-state index contributed by atoms with van der Waals surface area (Å²) in [6.07, 6.45) is 2.58. The van der Waals surface area contributed by atoms with E-state index in [0.29, 0.717) is 19.3 Å². The highest BCUT2D eigenvalue weighted by atomic mass is 16.6. The molecule has 6 heteroatoms. The number of hydrogen-bond acceptors (Lipinski definition) is 6. The molecule has 0 N–H and O–H groups in total. The number of piperazine rings is 1. The number of benzene rings is 2. The standard InChI is InChI=1S/C25H33N3O3/c1-29-23-7-5-21(6-8-23)27-11-13-28(14-12-27)22-3-2-10-26(19-22)18-20-4-9-24-25(17-20)31-16-15-30-24/h4-9,17,22H,2-3,10-16,18-19H2,1H3. The number of ether oxygens (including phenoxy) is 3. The first-order valence-electron chi connectivity index (χ1n) is 11.5. The van der Waals surface area contributed by atoms with Crippen molar-refractivity contribution in [3.05, 3.63) is 48.0 Å². The zero-order valence-corrected chi connectivity index (χ0v) is 18.5. The maximum absolute atomic E-state index is 5.77. The minimum absolute atomic E-state index is 0.644. The van der Waals surface area contributed by atoms with Crippen LogP contribution in [0.5, 0.6) is 17.2 Å². The van der Waals surface area contributed by atoms with Gasteiger partial charge in [0.15, 0.2) is 11.5 Å². The number of rotatable bonds is 5. The van der Waals surface area contributed by atoms with E-state index < -0.39 is 0 Å². The second-order valence-electron chi connectivity index (χ2n) is 8.73. The van der Waals surface area contributed by atoms with Gasteiger partial charge in [0.1, 0.15) is 19.0 Å². The highest BCUT2D eigenvalue weighted by Crippen LogP contribution is 2.31. The number of nitrogens with zero attached hydrogens (tertiary/aromatic N) is 3. The van der Waals surface area contributed by atoms with E-state index in [0.717, 1.165) is 56.5 Å². The fourth-order valence-corrected chi connectivity index (χ4v) is 5.06. The summed E-state index contributed by atoms with van der Waals surface area (Å²) in [5.41, 5.74) is 2.61. The van der Waals surface area contributed by atoms with E-state index in [9.17, 15) is 0 Å². The molecular weight excluding hydrogens is 390 g/mol. The largest absolute Gasteiger partial charge is 0.497 e. The van der Waals surface area contributed by atoms with Crippen LogP contribution < -0.4 is 19.1 Å². The Hall–Kier alpha value is -2.44. The summed E-state index contributed by atoms with van der Waals surface area (Å²) in [6.45, 7) is 9.04. The molecule has 0 radical (unpaired) electrons. The fraction of sp³-hybridized carbons (Fsp3) is 0.520. The summed E-state index contributed by atoms with van der Waals surface area (Å²) in [6, 6.07) is 15.5. The number of likely N-dealkylation sites (tertiary alicyclic amines) is 1. The van der Waals surface area contributed by atoms with Crippen LogP contribution in [0.3, 0.4) is 0 Å². The Morgan fingerprint density at radius 2 is 1.68 bits per heavy atom. The number of fused-ring (bicyclic) bond motifs is 1. The molecule has 2 aromatic rings. The lowest BCUT2D eigenvalue weighted by Crippen LogP contribution is -2.55. The molecule has 0 saturated carbocycles. The van der Waals surface area contributed by atoms with Crippen molar-refractivity contribution in [1.29, 1.82) is 0 Å². The second-order valence-corrected chi connectivity index (χ2v) is 8.73. The Morgan fingerprint density at radius 1 is 0.903 bits per heavy atom. The van der Waals surface area contributed by atoms with Gasteiger partial charge in [-0.05, 0) is 61.3 Å². The van der Waals surface area contributed by atoms with Crippen LogP contribution >= 0.6 is 0 Å². The zero-order chi connectivity index (χ0) is 21.0. The topological polar surface area (TPSA) is 37.4 Å². The Kier molecular flexibility index (Phi) is 6.18. The molecule has 3 heterocycles. The first kappa shape index (κ1) is 20.5. The van der Waals surface area contributed by atoms with Crippen molar-refractivity contribution in [2.75, 3.05) is 64.5 Å². The van der Waals surface area contributed by atoms with Crippen LogP contribution in [-0.4, -0.2) is 75.4 Å². The van der Waals surface area contributed by atoms with Gasteiger partial charge in [-0.3, -0.25) is 9.80 Å². The van der Waals surface area contributed by atoms with Gasteiger partial charge in [-0.1, -0.05) is 6.07 Å². The summed E-state index contributed by atoms with van der Waals surface area (Å²) >= 11 is 0. The van der Waals surface area contributed by atoms with E-state index in [1.54, 1.807) is 7.11 Å². The van der Waals surface area contributed by atoms with Crippen molar-refractivity contribution < 1.29 is 14.2 Å². The zero-order valence-electron chi connectivity index (χ0n) is 18.5. The molecule has 0 spiro atoms. The van der Waals surface area contributed by atoms with Gasteiger partial charge >= 0.3 is 0 Å². The molecule has 5 rings (SSSR count). The second kappa shape index (κ2) is 9.37. The summed E-state index contributed by atoms with van der Waals surface area (Å²) in [5, 5.41) is 0. The third-order valence-corrected chi connectivity index (χ3v) is 6.76. The molecule has 0 bridgehead atoms. The van der Waals surface area contributed by atoms with Crippen LogP contribution in [0.1, 0.15) is 18.4 Å². The summed E-state index contributed by atoms with van der Waals surface area (Å²) < 4.78 is 16.7. The van der Waals surface area contributed by atoms with Gasteiger partial charge in [-0.15, -0.1) is 0 Å². The number of methoxy groups -OCH3 is 1. The fourth-order valence-electron chi connectivity index (χ4n) is 5.06. The Labute approximate surface area is 185 Å². The first-order valence-corrected chi connectivity index (χ1v) is 11.5. The maximum atomic E-state index is 5.77. The predicted octanol–water partition coefficient (Wildman–Crippen LogP) is 3.25. The smallest absolute Gasteiger partial charge is 0.161 e. The molecule has 3 aliphatic rings. The highest BCUT2D eigenvalue weighted by molar-refractivity contribution is 5.49. The minimum atomic E-state index is 0.644. The van der Waals surface area contributed by atoms with Gasteiger partial charge in [-0.2, -0.15) is 0 Å². The molecule has 3 aliphatic heterocycles. The minimum Gasteiger partial charge on any atom is -0.497 e. The van der Waals surface area contributed by atoms with Crippen molar-refractivity contribution in [2.45, 2.75) is 25.4 Å². The Bertz CT molecular complexity index is 865. The van der Waals surface area contributed by atoms with Crippen molar-refractivity contribution in [2.24, 2.45) is 0 Å². The first-order chi connectivity index (χ1) is 15.3. The lowest BCUT2D eigenvalue weighted by Gasteiger charge is -2.44. The van der Waals surface area contributed by atoms with Crippen LogP contribution in [0.15, 0.2) is 42.5 Å². The third-order valence-electron chi connectivity index (χ3n) is 6.76. The lowest BCUT2D eigenvalue weighted by atomic mass is 10.0. The van der Waals surface area contributed by atoms with E-state index in [-0.39, 0.29) is 0 Å². The molecule has 166 valence electrons. The van der Waals surface area contributed by atoms with Gasteiger partial charge in [0, 0.05) is 51.0 Å². The SMILES string of the molecule is COc1ccc(N2CCN(C3CCCN(Cc4ccc5c(c4)OCCO5)C3)CC2)cc1. The van der Waals surface area contributed by atoms with E-state index in [2.05, 4.69) is 57.2 Å². The van der Waals surface area contributed by atoms with Gasteiger partial charge in [0.2, 0.25) is 0 Å². The van der Waals surface area contributed by atoms with E-state index in [4.69, 9.17) is 14.2 Å². The molecule has 1 unspecified atom stereocenters. The molecule has 0 aliphatic carbocycles. The van der Waals surface area contributed by atoms with Crippen molar-refractivity contribution in [1.82, 2.24) is 9.80 Å². The van der Waals surface area contributed by atoms with E-state index in [1.165, 1.54) is 30.6 Å². The molecule has 0 amide bonds. The third kappa shape index (κ3) is 4.75. The normalized spacial score (nSPS) is 22.4. The molecule has 2 aromatic carbocycles. The van der Waals surface area contributed by atoms with Gasteiger partial charge < -0.3 is 19.1 Å². The summed E-state index contributed by atoms with van der Waals surface area (Å²) in [4.78, 5) is 7.80. The monoisotopic (exact) mass is 423 g/mol. The van der Waals surface area contributed by atoms with Crippen LogP contribution in [0.25, 0.3) is 0 Å². The highest BCUT2D eigenvalue weighted by Gasteiger charge is 2.28. The molecule has 2 saturated heterocycles. The summed E-state index contributed by atoms with van der Waals surface area (Å²) in [5.74, 6) is 2.69. The Balaban J connectivity index is 1.15. The van der Waals surface area contributed by atoms with Crippen LogP contribution in [-0.2, 0) is 6.54 Å². The van der Waals surface area contributed by atoms with Gasteiger partial charge in [0.05, 0.1) is 7.11 Å². The van der Waals surface area contributed by atoms with Crippen LogP contribution in [0, 0.1) is 0 Å². The van der Waals surface area contributed by atoms with Crippen molar-refractivity contribution in [3.63, 3.8) is 0 Å². The maximum Gasteiger partial charge on any atom is 0.161 e. The van der Waals surface area contributed by atoms with Crippen molar-refractivity contribution in [3.8, 4) is 17.2 Å². The number of hydrogen-bond donors (Lipinski definition) is 0. The molecule has 6 nitrogen and oxygen atoms in total. The summed E-state index contributed by atoms with van der Waals surface area (Å²) in [7, 11) is 1.72. The number of anilines is 1. The Morgan fingerprint density at radius 3 is 2.45 bits per heavy atom. The molecular formula is C25H33N3O3. The molecule has 2 fully saturated rings. The van der Waals surface area contributed by atoms with Gasteiger partial charge in [-0.25, -0.2) is 0 Å². The predicted molar refractivity (Wildman–Crippen MR) is 123 cm³/mol. The quantitative estimate of drug-likeness (QED) is 0.735. The van der Waals surface area contributed by atoms with E-state index >= 15 is 0 Å². The van der Waals surface area contributed by atoms with Crippen molar-refractivity contribution >= 4 is 5.69 Å². The molecule has 0 aromatic heterocycles. The van der Waals surface area contributed by atoms with E-state index in [1.807, 2.05) is 0 Å². The molecule has 31 heavy (non-hydrogen) atoms. The van der Waals surface area contributed by atoms with Crippen LogP contribution in [0.2, 0.25) is 0 Å². The van der Waals surface area contributed by atoms with Gasteiger partial charge in [0.25, 0.3) is 0 Å².